The summed E-state index contributed by atoms with van der Waals surface area (Å²) >= 11 is 0. The lowest BCUT2D eigenvalue weighted by Gasteiger charge is -2.26. The van der Waals surface area contributed by atoms with Crippen molar-refractivity contribution in [3.8, 4) is 0 Å². The monoisotopic (exact) mass is 261 g/mol. The molecule has 0 heterocycles. The first-order valence-corrected chi connectivity index (χ1v) is 8.73. The Hall–Kier alpha value is -0.0900. The Labute approximate surface area is 106 Å². The molecule has 1 fully saturated rings. The van der Waals surface area contributed by atoms with E-state index in [2.05, 4.69) is 12.2 Å². The van der Waals surface area contributed by atoms with Crippen LogP contribution in [0.2, 0.25) is 0 Å². The first kappa shape index (κ1) is 15.0. The third-order valence-electron chi connectivity index (χ3n) is 3.80. The Morgan fingerprint density at radius 2 is 1.88 bits per heavy atom. The molecule has 1 N–H and O–H groups in total. The highest BCUT2D eigenvalue weighted by atomic mass is 32.2. The van der Waals surface area contributed by atoms with Gasteiger partial charge in [-0.25, -0.2) is 8.42 Å². The standard InChI is InChI=1S/C13H27NO2S/c1-4-17(15,16)10-12(3)14-13-9-7-5-6-8-11(13)2/h11-14H,4-10H2,1-3H3. The van der Waals surface area contributed by atoms with Crippen LogP contribution in [-0.4, -0.2) is 32.0 Å². The van der Waals surface area contributed by atoms with Gasteiger partial charge in [-0.05, 0) is 25.7 Å². The van der Waals surface area contributed by atoms with Crippen LogP contribution < -0.4 is 5.32 Å². The molecule has 1 rings (SSSR count). The fraction of sp³-hybridized carbons (Fsp3) is 1.00. The second-order valence-corrected chi connectivity index (χ2v) is 7.89. The SMILES string of the molecule is CCS(=O)(=O)CC(C)NC1CCCCCC1C. The molecule has 0 spiro atoms. The van der Waals surface area contributed by atoms with Crippen molar-refractivity contribution in [1.29, 1.82) is 0 Å². The molecule has 0 aromatic carbocycles. The Balaban J connectivity index is 2.46. The van der Waals surface area contributed by atoms with Gasteiger partial charge >= 0.3 is 0 Å². The maximum absolute atomic E-state index is 11.6. The second-order valence-electron chi connectivity index (χ2n) is 5.49. The van der Waals surface area contributed by atoms with Crippen molar-refractivity contribution in [2.24, 2.45) is 5.92 Å². The third-order valence-corrected chi connectivity index (χ3v) is 5.69. The molecule has 1 aliphatic carbocycles. The maximum atomic E-state index is 11.6. The normalized spacial score (nSPS) is 28.6. The summed E-state index contributed by atoms with van der Waals surface area (Å²) in [6.45, 7) is 5.99. The zero-order chi connectivity index (χ0) is 12.9. The highest BCUT2D eigenvalue weighted by Crippen LogP contribution is 2.23. The summed E-state index contributed by atoms with van der Waals surface area (Å²) in [6, 6.07) is 0.574. The fourth-order valence-corrected chi connectivity index (χ4v) is 3.75. The topological polar surface area (TPSA) is 46.2 Å². The first-order chi connectivity index (χ1) is 7.94. The second kappa shape index (κ2) is 6.74. The zero-order valence-corrected chi connectivity index (χ0v) is 12.2. The van der Waals surface area contributed by atoms with E-state index >= 15 is 0 Å². The van der Waals surface area contributed by atoms with Crippen LogP contribution in [0.25, 0.3) is 0 Å². The summed E-state index contributed by atoms with van der Waals surface area (Å²) < 4.78 is 23.1. The molecule has 17 heavy (non-hydrogen) atoms. The number of hydrogen-bond acceptors (Lipinski definition) is 3. The van der Waals surface area contributed by atoms with Crippen LogP contribution in [0.15, 0.2) is 0 Å². The molecule has 0 radical (unpaired) electrons. The molecule has 0 saturated heterocycles. The fourth-order valence-electron chi connectivity index (χ4n) is 2.65. The van der Waals surface area contributed by atoms with E-state index in [1.165, 1.54) is 32.1 Å². The van der Waals surface area contributed by atoms with E-state index in [1.807, 2.05) is 6.92 Å². The van der Waals surface area contributed by atoms with E-state index < -0.39 is 9.84 Å². The van der Waals surface area contributed by atoms with Crippen LogP contribution in [0.3, 0.4) is 0 Å². The largest absolute Gasteiger partial charge is 0.310 e. The van der Waals surface area contributed by atoms with Crippen molar-refractivity contribution in [2.45, 2.75) is 65.0 Å². The lowest BCUT2D eigenvalue weighted by atomic mass is 9.96. The molecule has 3 atom stereocenters. The summed E-state index contributed by atoms with van der Waals surface area (Å²) in [4.78, 5) is 0. The van der Waals surface area contributed by atoms with Crippen molar-refractivity contribution in [2.75, 3.05) is 11.5 Å². The molecule has 3 nitrogen and oxygen atoms in total. The lowest BCUT2D eigenvalue weighted by molar-refractivity contribution is 0.335. The lowest BCUT2D eigenvalue weighted by Crippen LogP contribution is -2.43. The first-order valence-electron chi connectivity index (χ1n) is 6.91. The minimum atomic E-state index is -2.86. The van der Waals surface area contributed by atoms with Crippen LogP contribution in [-0.2, 0) is 9.84 Å². The van der Waals surface area contributed by atoms with Crippen LogP contribution in [0, 0.1) is 5.92 Å². The summed E-state index contributed by atoms with van der Waals surface area (Å²) in [5.74, 6) is 1.19. The third kappa shape index (κ3) is 5.38. The average Bonchev–Trinajstić information content (AvgIpc) is 2.44. The minimum Gasteiger partial charge on any atom is -0.310 e. The molecule has 3 unspecified atom stereocenters. The number of sulfone groups is 1. The molecule has 1 saturated carbocycles. The van der Waals surface area contributed by atoms with Crippen LogP contribution in [0.5, 0.6) is 0 Å². The van der Waals surface area contributed by atoms with Gasteiger partial charge in [0.15, 0.2) is 9.84 Å². The molecule has 0 aromatic rings. The summed E-state index contributed by atoms with van der Waals surface area (Å²) in [5.41, 5.74) is 0. The maximum Gasteiger partial charge on any atom is 0.151 e. The number of hydrogen-bond donors (Lipinski definition) is 1. The molecular formula is C13H27NO2S. The Morgan fingerprint density at radius 1 is 1.24 bits per heavy atom. The van der Waals surface area contributed by atoms with Crippen molar-refractivity contribution >= 4 is 9.84 Å². The van der Waals surface area contributed by atoms with Gasteiger partial charge in [-0.15, -0.1) is 0 Å². The van der Waals surface area contributed by atoms with Gasteiger partial charge in [-0.2, -0.15) is 0 Å². The molecule has 0 amide bonds. The van der Waals surface area contributed by atoms with Crippen LogP contribution in [0.1, 0.15) is 52.9 Å². The van der Waals surface area contributed by atoms with E-state index in [4.69, 9.17) is 0 Å². The van der Waals surface area contributed by atoms with Crippen molar-refractivity contribution < 1.29 is 8.42 Å². The molecule has 0 aliphatic heterocycles. The highest BCUT2D eigenvalue weighted by Gasteiger charge is 2.23. The molecule has 0 bridgehead atoms. The molecule has 102 valence electrons. The van der Waals surface area contributed by atoms with Crippen molar-refractivity contribution in [3.05, 3.63) is 0 Å². The van der Waals surface area contributed by atoms with E-state index in [9.17, 15) is 8.42 Å². The van der Waals surface area contributed by atoms with E-state index in [-0.39, 0.29) is 17.5 Å². The van der Waals surface area contributed by atoms with Crippen molar-refractivity contribution in [3.63, 3.8) is 0 Å². The summed E-state index contributed by atoms with van der Waals surface area (Å²) in [7, 11) is -2.86. The predicted octanol–water partition coefficient (Wildman–Crippen LogP) is 2.37. The van der Waals surface area contributed by atoms with Gasteiger partial charge in [0.1, 0.15) is 0 Å². The van der Waals surface area contributed by atoms with E-state index in [1.54, 1.807) is 6.92 Å². The molecule has 1 aliphatic rings. The zero-order valence-electron chi connectivity index (χ0n) is 11.4. The quantitative estimate of drug-likeness (QED) is 0.773. The van der Waals surface area contributed by atoms with E-state index in [0.717, 1.165) is 0 Å². The highest BCUT2D eigenvalue weighted by molar-refractivity contribution is 7.91. The van der Waals surface area contributed by atoms with Gasteiger partial charge < -0.3 is 5.32 Å². The molecule has 0 aromatic heterocycles. The van der Waals surface area contributed by atoms with E-state index in [0.29, 0.717) is 12.0 Å². The van der Waals surface area contributed by atoms with Gasteiger partial charge in [-0.1, -0.05) is 33.1 Å². The smallest absolute Gasteiger partial charge is 0.151 e. The minimum absolute atomic E-state index is 0.0745. The number of nitrogens with one attached hydrogen (secondary N) is 1. The molecule has 4 heteroatoms. The van der Waals surface area contributed by atoms with Crippen LogP contribution >= 0.6 is 0 Å². The molecular weight excluding hydrogens is 234 g/mol. The van der Waals surface area contributed by atoms with Gasteiger partial charge in [0.2, 0.25) is 0 Å². The summed E-state index contributed by atoms with van der Waals surface area (Å²) in [6.07, 6.45) is 6.38. The average molecular weight is 261 g/mol. The Morgan fingerprint density at radius 3 is 2.53 bits per heavy atom. The predicted molar refractivity (Wildman–Crippen MR) is 73.0 cm³/mol. The van der Waals surface area contributed by atoms with Crippen LogP contribution in [0.4, 0.5) is 0 Å². The van der Waals surface area contributed by atoms with Gasteiger partial charge in [0, 0.05) is 17.8 Å². The van der Waals surface area contributed by atoms with Gasteiger partial charge in [-0.3, -0.25) is 0 Å². The summed E-state index contributed by atoms with van der Waals surface area (Å²) in [5, 5.41) is 3.52. The van der Waals surface area contributed by atoms with Gasteiger partial charge in [0.05, 0.1) is 5.75 Å². The Bertz CT molecular complexity index is 313. The van der Waals surface area contributed by atoms with Crippen molar-refractivity contribution in [1.82, 2.24) is 5.32 Å². The van der Waals surface area contributed by atoms with Gasteiger partial charge in [0.25, 0.3) is 0 Å². The Kier molecular flexibility index (Phi) is 5.93. The number of rotatable bonds is 5.